The van der Waals surface area contributed by atoms with E-state index in [2.05, 4.69) is 10.6 Å². The van der Waals surface area contributed by atoms with E-state index in [1.807, 2.05) is 22.7 Å². The standard InChI is InChI=1S/C20H25N5O2/c21-9-10-22-20(26)14-8-11-25-17(13-14)24-18(16-7-4-12-27-16)19(25)23-15-5-2-1-3-6-15/h4,7-8,11-13,15,23H,1-3,5-6,9-10,21H2,(H,22,26). The van der Waals surface area contributed by atoms with Gasteiger partial charge in [0.25, 0.3) is 5.91 Å². The molecule has 0 radical (unpaired) electrons. The number of anilines is 1. The van der Waals surface area contributed by atoms with Crippen LogP contribution in [0.2, 0.25) is 0 Å². The van der Waals surface area contributed by atoms with Crippen molar-refractivity contribution < 1.29 is 9.21 Å². The first-order valence-electron chi connectivity index (χ1n) is 9.57. The summed E-state index contributed by atoms with van der Waals surface area (Å²) in [5.74, 6) is 1.49. The molecule has 4 rings (SSSR count). The molecular formula is C20H25N5O2. The molecule has 0 unspecified atom stereocenters. The van der Waals surface area contributed by atoms with Gasteiger partial charge in [-0.05, 0) is 37.1 Å². The number of imidazole rings is 1. The SMILES string of the molecule is NCCNC(=O)c1ccn2c(NC3CCCCC3)c(-c3ccco3)nc2c1. The summed E-state index contributed by atoms with van der Waals surface area (Å²) in [6.07, 6.45) is 9.64. The van der Waals surface area contributed by atoms with Crippen molar-refractivity contribution in [2.75, 3.05) is 18.4 Å². The fourth-order valence-electron chi connectivity index (χ4n) is 3.64. The molecule has 1 aliphatic carbocycles. The molecule has 0 aromatic carbocycles. The van der Waals surface area contributed by atoms with Crippen LogP contribution < -0.4 is 16.4 Å². The number of nitrogens with two attached hydrogens (primary N) is 1. The topological polar surface area (TPSA) is 97.6 Å². The molecule has 7 heteroatoms. The quantitative estimate of drug-likeness (QED) is 0.622. The molecule has 7 nitrogen and oxygen atoms in total. The van der Waals surface area contributed by atoms with Gasteiger partial charge < -0.3 is 20.8 Å². The van der Waals surface area contributed by atoms with Crippen molar-refractivity contribution in [3.8, 4) is 11.5 Å². The van der Waals surface area contributed by atoms with E-state index in [-0.39, 0.29) is 5.91 Å². The molecular weight excluding hydrogens is 342 g/mol. The smallest absolute Gasteiger partial charge is 0.251 e. The highest BCUT2D eigenvalue weighted by molar-refractivity contribution is 5.95. The molecule has 0 spiro atoms. The number of amides is 1. The predicted octanol–water partition coefficient (Wildman–Crippen LogP) is 3.03. The Kier molecular flexibility index (Phi) is 5.11. The highest BCUT2D eigenvalue weighted by Gasteiger charge is 2.21. The number of pyridine rings is 1. The molecule has 142 valence electrons. The zero-order chi connectivity index (χ0) is 18.6. The van der Waals surface area contributed by atoms with E-state index >= 15 is 0 Å². The Labute approximate surface area is 158 Å². The fraction of sp³-hybridized carbons (Fsp3) is 0.400. The van der Waals surface area contributed by atoms with Crippen LogP contribution in [0.25, 0.3) is 17.1 Å². The average Bonchev–Trinajstić information content (AvgIpc) is 3.35. The monoisotopic (exact) mass is 367 g/mol. The van der Waals surface area contributed by atoms with Crippen molar-refractivity contribution in [1.29, 1.82) is 0 Å². The molecule has 3 heterocycles. The summed E-state index contributed by atoms with van der Waals surface area (Å²) in [7, 11) is 0. The lowest BCUT2D eigenvalue weighted by atomic mass is 9.95. The zero-order valence-corrected chi connectivity index (χ0v) is 15.3. The number of hydrogen-bond acceptors (Lipinski definition) is 5. The lowest BCUT2D eigenvalue weighted by molar-refractivity contribution is 0.0954. The largest absolute Gasteiger partial charge is 0.463 e. The van der Waals surface area contributed by atoms with Gasteiger partial charge in [0.05, 0.1) is 6.26 Å². The number of fused-ring (bicyclic) bond motifs is 1. The summed E-state index contributed by atoms with van der Waals surface area (Å²) in [5.41, 5.74) is 7.50. The Bertz CT molecular complexity index is 910. The van der Waals surface area contributed by atoms with Crippen LogP contribution in [-0.4, -0.2) is 34.4 Å². The number of nitrogens with zero attached hydrogens (tertiary/aromatic N) is 2. The molecule has 0 aliphatic heterocycles. The summed E-state index contributed by atoms with van der Waals surface area (Å²) < 4.78 is 7.59. The number of hydrogen-bond donors (Lipinski definition) is 3. The molecule has 1 fully saturated rings. The summed E-state index contributed by atoms with van der Waals surface area (Å²) in [4.78, 5) is 17.0. The molecule has 27 heavy (non-hydrogen) atoms. The number of carbonyl (C=O) groups is 1. The highest BCUT2D eigenvalue weighted by Crippen LogP contribution is 2.32. The summed E-state index contributed by atoms with van der Waals surface area (Å²) in [6.45, 7) is 0.861. The first kappa shape index (κ1) is 17.6. The van der Waals surface area contributed by atoms with E-state index in [0.717, 1.165) is 24.4 Å². The van der Waals surface area contributed by atoms with Gasteiger partial charge in [-0.2, -0.15) is 0 Å². The van der Waals surface area contributed by atoms with Crippen molar-refractivity contribution in [3.05, 3.63) is 42.3 Å². The van der Waals surface area contributed by atoms with E-state index in [4.69, 9.17) is 15.1 Å². The number of furan rings is 1. The maximum absolute atomic E-state index is 12.2. The Morgan fingerprint density at radius 2 is 2.15 bits per heavy atom. The Balaban J connectivity index is 1.71. The van der Waals surface area contributed by atoms with E-state index in [1.165, 1.54) is 19.3 Å². The molecule has 1 saturated carbocycles. The van der Waals surface area contributed by atoms with Crippen LogP contribution in [0.15, 0.2) is 41.1 Å². The van der Waals surface area contributed by atoms with Crippen LogP contribution in [0, 0.1) is 0 Å². The van der Waals surface area contributed by atoms with Crippen LogP contribution in [0.3, 0.4) is 0 Å². The van der Waals surface area contributed by atoms with Gasteiger partial charge in [0, 0.05) is 30.9 Å². The van der Waals surface area contributed by atoms with E-state index < -0.39 is 0 Å². The average molecular weight is 367 g/mol. The van der Waals surface area contributed by atoms with Crippen molar-refractivity contribution in [2.45, 2.75) is 38.1 Å². The Morgan fingerprint density at radius 3 is 2.89 bits per heavy atom. The van der Waals surface area contributed by atoms with Crippen LogP contribution in [0.5, 0.6) is 0 Å². The molecule has 1 aliphatic rings. The minimum atomic E-state index is -0.146. The number of nitrogens with one attached hydrogen (secondary N) is 2. The lowest BCUT2D eigenvalue weighted by Gasteiger charge is -2.24. The Hall–Kier alpha value is -2.80. The van der Waals surface area contributed by atoms with Crippen LogP contribution in [0.1, 0.15) is 42.5 Å². The van der Waals surface area contributed by atoms with E-state index in [0.29, 0.717) is 36.1 Å². The van der Waals surface area contributed by atoms with Gasteiger partial charge in [-0.3, -0.25) is 9.20 Å². The third-order valence-corrected chi connectivity index (χ3v) is 5.02. The summed E-state index contributed by atoms with van der Waals surface area (Å²) >= 11 is 0. The number of carbonyl (C=O) groups excluding carboxylic acids is 1. The predicted molar refractivity (Wildman–Crippen MR) is 105 cm³/mol. The summed E-state index contributed by atoms with van der Waals surface area (Å²) in [5, 5.41) is 6.46. The maximum Gasteiger partial charge on any atom is 0.251 e. The van der Waals surface area contributed by atoms with Gasteiger partial charge in [-0.1, -0.05) is 19.3 Å². The normalized spacial score (nSPS) is 15.1. The number of rotatable bonds is 6. The minimum Gasteiger partial charge on any atom is -0.463 e. The zero-order valence-electron chi connectivity index (χ0n) is 15.3. The second-order valence-corrected chi connectivity index (χ2v) is 6.95. The van der Waals surface area contributed by atoms with Gasteiger partial charge in [0.1, 0.15) is 17.2 Å². The Morgan fingerprint density at radius 1 is 1.30 bits per heavy atom. The van der Waals surface area contributed by atoms with Crippen molar-refractivity contribution in [2.24, 2.45) is 5.73 Å². The minimum absolute atomic E-state index is 0.146. The van der Waals surface area contributed by atoms with Gasteiger partial charge in [-0.25, -0.2) is 4.98 Å². The third-order valence-electron chi connectivity index (χ3n) is 5.02. The molecule has 0 bridgehead atoms. The highest BCUT2D eigenvalue weighted by atomic mass is 16.3. The van der Waals surface area contributed by atoms with Crippen molar-refractivity contribution in [3.63, 3.8) is 0 Å². The second kappa shape index (κ2) is 7.84. The van der Waals surface area contributed by atoms with Gasteiger partial charge in [-0.15, -0.1) is 0 Å². The van der Waals surface area contributed by atoms with Crippen LogP contribution in [0.4, 0.5) is 5.82 Å². The lowest BCUT2D eigenvalue weighted by Crippen LogP contribution is -2.29. The molecule has 1 amide bonds. The van der Waals surface area contributed by atoms with Gasteiger partial charge in [0.15, 0.2) is 5.76 Å². The molecule has 4 N–H and O–H groups in total. The fourth-order valence-corrected chi connectivity index (χ4v) is 3.64. The van der Waals surface area contributed by atoms with Gasteiger partial charge >= 0.3 is 0 Å². The van der Waals surface area contributed by atoms with Crippen LogP contribution in [-0.2, 0) is 0 Å². The molecule has 0 atom stereocenters. The number of aromatic nitrogens is 2. The third kappa shape index (κ3) is 3.68. The maximum atomic E-state index is 12.2. The first-order chi connectivity index (χ1) is 13.3. The van der Waals surface area contributed by atoms with E-state index in [1.54, 1.807) is 18.4 Å². The summed E-state index contributed by atoms with van der Waals surface area (Å²) in [6, 6.07) is 7.79. The van der Waals surface area contributed by atoms with E-state index in [9.17, 15) is 4.79 Å². The van der Waals surface area contributed by atoms with Crippen molar-refractivity contribution >= 4 is 17.4 Å². The van der Waals surface area contributed by atoms with Crippen molar-refractivity contribution in [1.82, 2.24) is 14.7 Å². The van der Waals surface area contributed by atoms with Gasteiger partial charge in [0.2, 0.25) is 0 Å². The molecule has 0 saturated heterocycles. The first-order valence-corrected chi connectivity index (χ1v) is 9.57. The second-order valence-electron chi connectivity index (χ2n) is 6.95. The molecule has 3 aromatic rings. The van der Waals surface area contributed by atoms with Crippen LogP contribution >= 0.6 is 0 Å². The molecule has 3 aromatic heterocycles.